The summed E-state index contributed by atoms with van der Waals surface area (Å²) in [7, 11) is 1.54. The van der Waals surface area contributed by atoms with Gasteiger partial charge in [-0.3, -0.25) is 4.89 Å². The third-order valence-electron chi connectivity index (χ3n) is 2.83. The van der Waals surface area contributed by atoms with E-state index in [1.54, 1.807) is 19.1 Å². The summed E-state index contributed by atoms with van der Waals surface area (Å²) in [5.74, 6) is -0.537. The first-order chi connectivity index (χ1) is 10.2. The highest BCUT2D eigenvalue weighted by molar-refractivity contribution is 5.89. The van der Waals surface area contributed by atoms with Crippen LogP contribution in [0.25, 0.3) is 11.1 Å². The van der Waals surface area contributed by atoms with E-state index < -0.39 is 5.97 Å². The number of rotatable bonds is 6. The van der Waals surface area contributed by atoms with Crippen molar-refractivity contribution in [1.29, 1.82) is 0 Å². The molecule has 21 heavy (non-hydrogen) atoms. The molecule has 4 nitrogen and oxygen atoms in total. The second-order valence-corrected chi connectivity index (χ2v) is 4.53. The molecule has 0 amide bonds. The molecule has 2 aromatic carbocycles. The van der Waals surface area contributed by atoms with Crippen molar-refractivity contribution in [3.63, 3.8) is 0 Å². The Morgan fingerprint density at radius 3 is 2.14 bits per heavy atom. The monoisotopic (exact) mass is 285 g/mol. The lowest BCUT2D eigenvalue weighted by atomic mass is 10.0. The summed E-state index contributed by atoms with van der Waals surface area (Å²) in [6, 6.07) is 17.1. The van der Waals surface area contributed by atoms with Crippen LogP contribution in [0, 0.1) is 6.10 Å². The van der Waals surface area contributed by atoms with Crippen LogP contribution in [0.4, 0.5) is 0 Å². The molecule has 0 fully saturated rings. The van der Waals surface area contributed by atoms with Gasteiger partial charge in [-0.25, -0.2) is 4.79 Å². The van der Waals surface area contributed by atoms with Gasteiger partial charge in [0.25, 0.3) is 0 Å². The van der Waals surface area contributed by atoms with E-state index in [2.05, 4.69) is 0 Å². The molecule has 0 heterocycles. The predicted molar refractivity (Wildman–Crippen MR) is 79.2 cm³/mol. The Kier molecular flexibility index (Phi) is 5.49. The summed E-state index contributed by atoms with van der Waals surface area (Å²) in [6.45, 7) is 1.95. The number of hydrogen-bond acceptors (Lipinski definition) is 4. The van der Waals surface area contributed by atoms with Crippen molar-refractivity contribution in [3.05, 3.63) is 66.3 Å². The molecule has 4 heteroatoms. The molecule has 0 aliphatic heterocycles. The zero-order valence-electron chi connectivity index (χ0n) is 12.0. The minimum atomic E-state index is -0.537. The van der Waals surface area contributed by atoms with Gasteiger partial charge in [-0.2, -0.15) is 4.89 Å². The van der Waals surface area contributed by atoms with Gasteiger partial charge >= 0.3 is 5.97 Å². The third kappa shape index (κ3) is 4.41. The first-order valence-electron chi connectivity index (χ1n) is 6.56. The number of hydrogen-bond donors (Lipinski definition) is 0. The number of methoxy groups -OCH3 is 1. The SMILES string of the molecule is COC[C](C)OOC(=O)c1ccc(-c2ccccc2)cc1. The average molecular weight is 285 g/mol. The van der Waals surface area contributed by atoms with Crippen molar-refractivity contribution in [2.75, 3.05) is 13.7 Å². The van der Waals surface area contributed by atoms with E-state index in [9.17, 15) is 4.79 Å². The molecule has 0 aliphatic rings. The number of ether oxygens (including phenoxy) is 1. The lowest BCUT2D eigenvalue weighted by molar-refractivity contribution is -0.237. The molecule has 0 aliphatic carbocycles. The van der Waals surface area contributed by atoms with Gasteiger partial charge in [-0.1, -0.05) is 42.5 Å². The Balaban J connectivity index is 1.97. The molecule has 0 atom stereocenters. The Morgan fingerprint density at radius 2 is 1.52 bits per heavy atom. The van der Waals surface area contributed by atoms with Crippen molar-refractivity contribution in [2.24, 2.45) is 0 Å². The molecule has 1 radical (unpaired) electrons. The first kappa shape index (κ1) is 15.2. The fourth-order valence-corrected chi connectivity index (χ4v) is 1.81. The van der Waals surface area contributed by atoms with Gasteiger partial charge < -0.3 is 4.74 Å². The van der Waals surface area contributed by atoms with E-state index in [0.29, 0.717) is 11.7 Å². The minimum absolute atomic E-state index is 0.278. The normalized spacial score (nSPS) is 10.6. The van der Waals surface area contributed by atoms with E-state index in [0.717, 1.165) is 11.1 Å². The molecule has 2 aromatic rings. The molecule has 0 saturated carbocycles. The van der Waals surface area contributed by atoms with E-state index in [1.807, 2.05) is 42.5 Å². The lowest BCUT2D eigenvalue weighted by Crippen LogP contribution is -2.11. The van der Waals surface area contributed by atoms with Crippen molar-refractivity contribution in [1.82, 2.24) is 0 Å². The van der Waals surface area contributed by atoms with Gasteiger partial charge in [0.1, 0.15) is 0 Å². The Morgan fingerprint density at radius 1 is 0.905 bits per heavy atom. The van der Waals surface area contributed by atoms with Gasteiger partial charge in [-0.15, -0.1) is 0 Å². The zero-order valence-corrected chi connectivity index (χ0v) is 12.0. The second kappa shape index (κ2) is 7.57. The molecule has 0 bridgehead atoms. The van der Waals surface area contributed by atoms with Crippen LogP contribution in [0.5, 0.6) is 0 Å². The standard InChI is InChI=1S/C17H17O4/c1-13(12-19-2)20-21-17(18)16-10-8-15(9-11-16)14-6-4-3-5-7-14/h3-11H,12H2,1-2H3. The minimum Gasteiger partial charge on any atom is -0.381 e. The van der Waals surface area contributed by atoms with Gasteiger partial charge in [0.2, 0.25) is 0 Å². The van der Waals surface area contributed by atoms with Crippen molar-refractivity contribution < 1.29 is 19.3 Å². The van der Waals surface area contributed by atoms with Gasteiger partial charge in [-0.05, 0) is 30.2 Å². The Labute approximate surface area is 124 Å². The molecular weight excluding hydrogens is 268 g/mol. The van der Waals surface area contributed by atoms with Gasteiger partial charge in [0, 0.05) is 7.11 Å². The van der Waals surface area contributed by atoms with Gasteiger partial charge in [0.15, 0.2) is 6.10 Å². The van der Waals surface area contributed by atoms with Crippen LogP contribution in [0.2, 0.25) is 0 Å². The lowest BCUT2D eigenvalue weighted by Gasteiger charge is -2.09. The topological polar surface area (TPSA) is 44.8 Å². The molecule has 0 saturated heterocycles. The van der Waals surface area contributed by atoms with E-state index in [4.69, 9.17) is 14.5 Å². The van der Waals surface area contributed by atoms with Gasteiger partial charge in [0.05, 0.1) is 12.2 Å². The Bertz CT molecular complexity index is 563. The van der Waals surface area contributed by atoms with Crippen LogP contribution >= 0.6 is 0 Å². The summed E-state index contributed by atoms with van der Waals surface area (Å²) in [5, 5.41) is 0. The van der Waals surface area contributed by atoms with Crippen LogP contribution in [0.15, 0.2) is 54.6 Å². The molecule has 2 rings (SSSR count). The molecule has 0 unspecified atom stereocenters. The predicted octanol–water partition coefficient (Wildman–Crippen LogP) is 3.64. The molecule has 0 spiro atoms. The second-order valence-electron chi connectivity index (χ2n) is 4.53. The highest BCUT2D eigenvalue weighted by atomic mass is 17.2. The molecule has 109 valence electrons. The van der Waals surface area contributed by atoms with Crippen LogP contribution in [-0.2, 0) is 14.5 Å². The Hall–Kier alpha value is -2.17. The largest absolute Gasteiger partial charge is 0.381 e. The summed E-state index contributed by atoms with van der Waals surface area (Å²) in [5.41, 5.74) is 2.56. The molecule has 0 aromatic heterocycles. The summed E-state index contributed by atoms with van der Waals surface area (Å²) in [6.07, 6.45) is 0.478. The highest BCUT2D eigenvalue weighted by Crippen LogP contribution is 2.19. The summed E-state index contributed by atoms with van der Waals surface area (Å²) in [4.78, 5) is 21.4. The first-order valence-corrected chi connectivity index (χ1v) is 6.56. The van der Waals surface area contributed by atoms with E-state index in [1.165, 1.54) is 7.11 Å². The van der Waals surface area contributed by atoms with Crippen LogP contribution in [-0.4, -0.2) is 19.7 Å². The van der Waals surface area contributed by atoms with E-state index >= 15 is 0 Å². The maximum absolute atomic E-state index is 11.8. The average Bonchev–Trinajstić information content (AvgIpc) is 2.54. The summed E-state index contributed by atoms with van der Waals surface area (Å²) >= 11 is 0. The quantitative estimate of drug-likeness (QED) is 0.600. The molecule has 0 N–H and O–H groups in total. The summed E-state index contributed by atoms with van der Waals surface area (Å²) < 4.78 is 4.85. The zero-order chi connectivity index (χ0) is 15.1. The smallest absolute Gasteiger partial charge is 0.373 e. The fraction of sp³-hybridized carbons (Fsp3) is 0.176. The highest BCUT2D eigenvalue weighted by Gasteiger charge is 2.12. The number of benzene rings is 2. The number of carbonyl (C=O) groups is 1. The third-order valence-corrected chi connectivity index (χ3v) is 2.83. The van der Waals surface area contributed by atoms with E-state index in [-0.39, 0.29) is 6.61 Å². The number of carbonyl (C=O) groups excluding carboxylic acids is 1. The van der Waals surface area contributed by atoms with Crippen LogP contribution in [0.3, 0.4) is 0 Å². The van der Waals surface area contributed by atoms with Crippen molar-refractivity contribution in [3.8, 4) is 11.1 Å². The maximum Gasteiger partial charge on any atom is 0.373 e. The van der Waals surface area contributed by atoms with Crippen LogP contribution in [0.1, 0.15) is 17.3 Å². The fourth-order valence-electron chi connectivity index (χ4n) is 1.81. The van der Waals surface area contributed by atoms with Crippen molar-refractivity contribution in [2.45, 2.75) is 6.92 Å². The van der Waals surface area contributed by atoms with Crippen LogP contribution < -0.4 is 0 Å². The van der Waals surface area contributed by atoms with Crippen molar-refractivity contribution >= 4 is 5.97 Å². The maximum atomic E-state index is 11.8. The molecular formula is C17H17O4.